The van der Waals surface area contributed by atoms with Gasteiger partial charge in [-0.2, -0.15) is 4.72 Å². The van der Waals surface area contributed by atoms with Gasteiger partial charge in [0.2, 0.25) is 15.9 Å². The fraction of sp³-hybridized carbons (Fsp3) is 0.381. The Hall–Kier alpha value is -2.13. The monoisotopic (exact) mass is 451 g/mol. The third-order valence-corrected chi connectivity index (χ3v) is 6.74. The third kappa shape index (κ3) is 5.72. The average Bonchev–Trinajstić information content (AvgIpc) is 2.74. The molecule has 1 atom stereocenters. The van der Waals surface area contributed by atoms with Gasteiger partial charge < -0.3 is 14.5 Å². The summed E-state index contributed by atoms with van der Waals surface area (Å²) in [6, 6.07) is 12.9. The van der Waals surface area contributed by atoms with Crippen molar-refractivity contribution in [3.05, 3.63) is 59.1 Å². The molecular weight excluding hydrogens is 426 g/mol. The number of benzene rings is 2. The Bertz CT molecular complexity index is 959. The minimum absolute atomic E-state index is 0.0629. The van der Waals surface area contributed by atoms with Gasteiger partial charge in [-0.3, -0.25) is 4.79 Å². The number of hydrogen-bond acceptors (Lipinski definition) is 5. The van der Waals surface area contributed by atoms with E-state index in [2.05, 4.69) is 9.62 Å². The standard InChI is InChI=1S/C21H26ClN3O4S/c1-16(23-30(27,28)20-9-5-18(22)6-10-20)21(26)24(2)15-17-3-7-19(8-4-17)25-11-13-29-14-12-25/h3-10,16,23H,11-15H2,1-2H3/t16-/m0/s1. The lowest BCUT2D eigenvalue weighted by atomic mass is 10.1. The summed E-state index contributed by atoms with van der Waals surface area (Å²) >= 11 is 5.81. The van der Waals surface area contributed by atoms with Crippen LogP contribution in [0.3, 0.4) is 0 Å². The second kappa shape index (κ2) is 9.78. The van der Waals surface area contributed by atoms with Crippen LogP contribution in [-0.4, -0.2) is 58.6 Å². The lowest BCUT2D eigenvalue weighted by molar-refractivity contribution is -0.131. The van der Waals surface area contributed by atoms with Gasteiger partial charge >= 0.3 is 0 Å². The van der Waals surface area contributed by atoms with Crippen molar-refractivity contribution in [3.63, 3.8) is 0 Å². The first-order valence-electron chi connectivity index (χ1n) is 9.71. The molecule has 1 aliphatic rings. The number of carbonyl (C=O) groups excluding carboxylic acids is 1. The highest BCUT2D eigenvalue weighted by Gasteiger charge is 2.24. The number of likely N-dealkylation sites (N-methyl/N-ethyl adjacent to an activating group) is 1. The van der Waals surface area contributed by atoms with Crippen LogP contribution in [0.2, 0.25) is 5.02 Å². The highest BCUT2D eigenvalue weighted by molar-refractivity contribution is 7.89. The van der Waals surface area contributed by atoms with Gasteiger partial charge in [0, 0.05) is 37.4 Å². The molecule has 1 N–H and O–H groups in total. The first-order chi connectivity index (χ1) is 14.3. The zero-order valence-corrected chi connectivity index (χ0v) is 18.6. The molecule has 0 unspecified atom stereocenters. The summed E-state index contributed by atoms with van der Waals surface area (Å²) in [7, 11) is -2.16. The molecule has 1 aliphatic heterocycles. The average molecular weight is 452 g/mol. The summed E-state index contributed by atoms with van der Waals surface area (Å²) < 4.78 is 32.8. The molecule has 162 valence electrons. The summed E-state index contributed by atoms with van der Waals surface area (Å²) in [5, 5.41) is 0.442. The highest BCUT2D eigenvalue weighted by atomic mass is 35.5. The maximum Gasteiger partial charge on any atom is 0.241 e. The number of ether oxygens (including phenoxy) is 1. The van der Waals surface area contributed by atoms with Crippen LogP contribution in [0.15, 0.2) is 53.4 Å². The third-order valence-electron chi connectivity index (χ3n) is 4.93. The predicted octanol–water partition coefficient (Wildman–Crippen LogP) is 2.50. The Morgan fingerprint density at radius 1 is 1.13 bits per heavy atom. The van der Waals surface area contributed by atoms with E-state index in [0.29, 0.717) is 11.6 Å². The summed E-state index contributed by atoms with van der Waals surface area (Å²) in [6.07, 6.45) is 0. The van der Waals surface area contributed by atoms with Crippen LogP contribution in [0.1, 0.15) is 12.5 Å². The molecule has 30 heavy (non-hydrogen) atoms. The molecule has 1 fully saturated rings. The molecule has 2 aromatic carbocycles. The van der Waals surface area contributed by atoms with Gasteiger partial charge in [-0.25, -0.2) is 8.42 Å². The number of nitrogens with one attached hydrogen (secondary N) is 1. The van der Waals surface area contributed by atoms with Crippen LogP contribution in [0.4, 0.5) is 5.69 Å². The van der Waals surface area contributed by atoms with Crippen molar-refractivity contribution in [2.75, 3.05) is 38.3 Å². The molecule has 7 nitrogen and oxygen atoms in total. The molecule has 0 saturated carbocycles. The maximum atomic E-state index is 12.7. The smallest absolute Gasteiger partial charge is 0.241 e. The molecule has 0 aromatic heterocycles. The van der Waals surface area contributed by atoms with Gasteiger partial charge in [-0.05, 0) is 48.9 Å². The summed E-state index contributed by atoms with van der Waals surface area (Å²) in [5.41, 5.74) is 2.09. The van der Waals surface area contributed by atoms with E-state index in [1.807, 2.05) is 24.3 Å². The van der Waals surface area contributed by atoms with Gasteiger partial charge in [-0.1, -0.05) is 23.7 Å². The Morgan fingerprint density at radius 3 is 2.33 bits per heavy atom. The van der Waals surface area contributed by atoms with Crippen molar-refractivity contribution in [2.24, 2.45) is 0 Å². The Morgan fingerprint density at radius 2 is 1.73 bits per heavy atom. The number of morpholine rings is 1. The quantitative estimate of drug-likeness (QED) is 0.699. The van der Waals surface area contributed by atoms with Gasteiger partial charge in [0.25, 0.3) is 0 Å². The molecule has 2 aromatic rings. The number of amides is 1. The van der Waals surface area contributed by atoms with Crippen LogP contribution in [0.5, 0.6) is 0 Å². The molecule has 0 spiro atoms. The second-order valence-electron chi connectivity index (χ2n) is 7.26. The Labute approximate surface area is 182 Å². The lowest BCUT2D eigenvalue weighted by Crippen LogP contribution is -2.45. The first kappa shape index (κ1) is 22.6. The predicted molar refractivity (Wildman–Crippen MR) is 117 cm³/mol. The number of carbonyl (C=O) groups is 1. The van der Waals surface area contributed by atoms with Crippen LogP contribution in [-0.2, 0) is 26.1 Å². The van der Waals surface area contributed by atoms with E-state index in [1.165, 1.54) is 36.1 Å². The van der Waals surface area contributed by atoms with E-state index in [0.717, 1.165) is 37.6 Å². The molecule has 0 aliphatic carbocycles. The van der Waals surface area contributed by atoms with Crippen molar-refractivity contribution < 1.29 is 17.9 Å². The summed E-state index contributed by atoms with van der Waals surface area (Å²) in [6.45, 7) is 5.10. The fourth-order valence-electron chi connectivity index (χ4n) is 3.28. The zero-order valence-electron chi connectivity index (χ0n) is 17.0. The maximum absolute atomic E-state index is 12.7. The van der Waals surface area contributed by atoms with E-state index in [4.69, 9.17) is 16.3 Å². The molecular formula is C21H26ClN3O4S. The van der Waals surface area contributed by atoms with Crippen molar-refractivity contribution >= 4 is 33.2 Å². The molecule has 0 bridgehead atoms. The van der Waals surface area contributed by atoms with E-state index in [1.54, 1.807) is 7.05 Å². The van der Waals surface area contributed by atoms with E-state index in [9.17, 15) is 13.2 Å². The summed E-state index contributed by atoms with van der Waals surface area (Å²) in [4.78, 5) is 16.5. The van der Waals surface area contributed by atoms with Crippen LogP contribution in [0, 0.1) is 0 Å². The minimum atomic E-state index is -3.82. The lowest BCUT2D eigenvalue weighted by Gasteiger charge is -2.29. The van der Waals surface area contributed by atoms with E-state index in [-0.39, 0.29) is 10.8 Å². The normalized spacial score (nSPS) is 15.6. The molecule has 9 heteroatoms. The van der Waals surface area contributed by atoms with Gasteiger partial charge in [-0.15, -0.1) is 0 Å². The first-order valence-corrected chi connectivity index (χ1v) is 11.6. The van der Waals surface area contributed by atoms with Crippen molar-refractivity contribution in [2.45, 2.75) is 24.4 Å². The Kier molecular flexibility index (Phi) is 7.36. The fourth-order valence-corrected chi connectivity index (χ4v) is 4.60. The number of hydrogen-bond donors (Lipinski definition) is 1. The molecule has 1 saturated heterocycles. The van der Waals surface area contributed by atoms with Gasteiger partial charge in [0.05, 0.1) is 24.2 Å². The summed E-state index contributed by atoms with van der Waals surface area (Å²) in [5.74, 6) is -0.315. The topological polar surface area (TPSA) is 79.0 Å². The zero-order chi connectivity index (χ0) is 21.7. The largest absolute Gasteiger partial charge is 0.378 e. The van der Waals surface area contributed by atoms with E-state index < -0.39 is 16.1 Å². The Balaban J connectivity index is 1.58. The number of nitrogens with zero attached hydrogens (tertiary/aromatic N) is 2. The highest BCUT2D eigenvalue weighted by Crippen LogP contribution is 2.18. The van der Waals surface area contributed by atoms with E-state index >= 15 is 0 Å². The molecule has 1 amide bonds. The number of sulfonamides is 1. The number of anilines is 1. The molecule has 0 radical (unpaired) electrons. The van der Waals surface area contributed by atoms with Gasteiger partial charge in [0.15, 0.2) is 0 Å². The van der Waals surface area contributed by atoms with Crippen molar-refractivity contribution in [3.8, 4) is 0 Å². The van der Waals surface area contributed by atoms with Crippen LogP contribution in [0.25, 0.3) is 0 Å². The van der Waals surface area contributed by atoms with Crippen molar-refractivity contribution in [1.29, 1.82) is 0 Å². The van der Waals surface area contributed by atoms with Crippen molar-refractivity contribution in [1.82, 2.24) is 9.62 Å². The number of halogens is 1. The van der Waals surface area contributed by atoms with Gasteiger partial charge in [0.1, 0.15) is 0 Å². The SMILES string of the molecule is C[C@H](NS(=O)(=O)c1ccc(Cl)cc1)C(=O)N(C)Cc1ccc(N2CCOCC2)cc1. The minimum Gasteiger partial charge on any atom is -0.378 e. The molecule has 3 rings (SSSR count). The molecule has 1 heterocycles. The van der Waals surface area contributed by atoms with Crippen LogP contribution >= 0.6 is 11.6 Å². The van der Waals surface area contributed by atoms with Crippen LogP contribution < -0.4 is 9.62 Å². The number of rotatable bonds is 7. The second-order valence-corrected chi connectivity index (χ2v) is 9.41.